The minimum atomic E-state index is 0.572. The van der Waals surface area contributed by atoms with E-state index in [1.165, 1.54) is 50.7 Å². The molecule has 2 aromatic carbocycles. The summed E-state index contributed by atoms with van der Waals surface area (Å²) in [6.45, 7) is 4.14. The number of benzene rings is 2. The van der Waals surface area contributed by atoms with Crippen LogP contribution in [0, 0.1) is 12.8 Å². The van der Waals surface area contributed by atoms with Crippen LogP contribution in [0.1, 0.15) is 65.9 Å². The van der Waals surface area contributed by atoms with Crippen LogP contribution in [0.15, 0.2) is 96.0 Å². The number of imidazole rings is 1. The highest BCUT2D eigenvalue weighted by molar-refractivity contribution is 6.13. The van der Waals surface area contributed by atoms with Crippen LogP contribution in [-0.2, 0) is 0 Å². The van der Waals surface area contributed by atoms with Crippen LogP contribution in [0.2, 0.25) is 0 Å². The van der Waals surface area contributed by atoms with Crippen molar-refractivity contribution >= 4 is 39.4 Å². The maximum atomic E-state index is 5.41. The van der Waals surface area contributed by atoms with Crippen molar-refractivity contribution in [3.63, 3.8) is 0 Å². The Kier molecular flexibility index (Phi) is 5.78. The lowest BCUT2D eigenvalue weighted by atomic mass is 9.88. The summed E-state index contributed by atoms with van der Waals surface area (Å²) in [6.07, 6.45) is 16.8. The zero-order valence-corrected chi connectivity index (χ0v) is 24.4. The molecule has 0 radical (unpaired) electrons. The highest BCUT2D eigenvalue weighted by atomic mass is 15.1. The summed E-state index contributed by atoms with van der Waals surface area (Å²) in [5.74, 6) is 1.22. The van der Waals surface area contributed by atoms with E-state index in [-0.39, 0.29) is 0 Å². The lowest BCUT2D eigenvalue weighted by Crippen LogP contribution is -2.10. The van der Waals surface area contributed by atoms with E-state index in [0.717, 1.165) is 47.0 Å². The van der Waals surface area contributed by atoms with E-state index in [1.807, 2.05) is 14.0 Å². The molecule has 1 fully saturated rings. The van der Waals surface area contributed by atoms with Crippen LogP contribution in [0.3, 0.4) is 0 Å². The van der Waals surface area contributed by atoms with Gasteiger partial charge in [0.05, 0.1) is 17.1 Å². The molecule has 0 amide bonds. The fourth-order valence-electron chi connectivity index (χ4n) is 7.04. The topological polar surface area (TPSA) is 45.5 Å². The lowest BCUT2D eigenvalue weighted by molar-refractivity contribution is 0.970. The van der Waals surface area contributed by atoms with Gasteiger partial charge in [0.2, 0.25) is 0 Å². The lowest BCUT2D eigenvalue weighted by Gasteiger charge is -2.20. The van der Waals surface area contributed by atoms with Crippen LogP contribution >= 0.6 is 0 Å². The van der Waals surface area contributed by atoms with Crippen molar-refractivity contribution < 1.29 is 0 Å². The van der Waals surface area contributed by atoms with E-state index in [1.54, 1.807) is 0 Å². The van der Waals surface area contributed by atoms with Gasteiger partial charge in [-0.1, -0.05) is 66.8 Å². The van der Waals surface area contributed by atoms with Gasteiger partial charge < -0.3 is 4.98 Å². The van der Waals surface area contributed by atoms with E-state index in [2.05, 4.69) is 113 Å². The number of hydrogen-bond acceptors (Lipinski definition) is 2. The average molecular weight is 547 g/mol. The number of aliphatic imine (C=N–C) groups is 1. The van der Waals surface area contributed by atoms with E-state index in [0.29, 0.717) is 11.8 Å². The van der Waals surface area contributed by atoms with Crippen LogP contribution in [0.25, 0.3) is 45.0 Å². The van der Waals surface area contributed by atoms with Gasteiger partial charge in [0.15, 0.2) is 0 Å². The first-order valence-corrected chi connectivity index (χ1v) is 15.1. The molecule has 4 heteroatoms. The first kappa shape index (κ1) is 25.0. The van der Waals surface area contributed by atoms with Gasteiger partial charge in [-0.05, 0) is 109 Å². The van der Waals surface area contributed by atoms with Gasteiger partial charge in [-0.3, -0.25) is 9.39 Å². The van der Waals surface area contributed by atoms with Gasteiger partial charge in [0.25, 0.3) is 0 Å². The van der Waals surface area contributed by atoms with Crippen molar-refractivity contribution in [1.82, 2.24) is 14.4 Å². The van der Waals surface area contributed by atoms with E-state index < -0.39 is 0 Å². The molecule has 3 aliphatic carbocycles. The van der Waals surface area contributed by atoms with Crippen LogP contribution in [-0.4, -0.2) is 27.1 Å². The van der Waals surface area contributed by atoms with Crippen LogP contribution in [0.4, 0.5) is 0 Å². The number of H-pyrrole nitrogens is 1. The van der Waals surface area contributed by atoms with Crippen molar-refractivity contribution in [1.29, 1.82) is 0 Å². The third-order valence-corrected chi connectivity index (χ3v) is 9.22. The molecule has 3 aliphatic rings. The summed E-state index contributed by atoms with van der Waals surface area (Å²) in [5, 5.41) is 2.56. The van der Waals surface area contributed by atoms with Crippen LogP contribution in [0.5, 0.6) is 0 Å². The Bertz CT molecular complexity index is 2040. The Morgan fingerprint density at radius 1 is 0.976 bits per heavy atom. The summed E-state index contributed by atoms with van der Waals surface area (Å²) in [7, 11) is 1.88. The van der Waals surface area contributed by atoms with E-state index in [4.69, 9.17) is 9.98 Å². The van der Waals surface area contributed by atoms with E-state index in [9.17, 15) is 0 Å². The molecule has 0 saturated heterocycles. The number of aryl methyl sites for hydroxylation is 1. The van der Waals surface area contributed by atoms with Crippen molar-refractivity contribution in [2.75, 3.05) is 7.05 Å². The van der Waals surface area contributed by atoms with Crippen molar-refractivity contribution in [2.24, 2.45) is 10.9 Å². The monoisotopic (exact) mass is 546 g/mol. The van der Waals surface area contributed by atoms with Crippen molar-refractivity contribution in [3.05, 3.63) is 125 Å². The van der Waals surface area contributed by atoms with Gasteiger partial charge in [0.1, 0.15) is 17.0 Å². The first-order valence-electron chi connectivity index (χ1n) is 15.1. The number of aromatic amines is 1. The summed E-state index contributed by atoms with van der Waals surface area (Å²) < 4.78 is 2.39. The predicted molar refractivity (Wildman–Crippen MR) is 176 cm³/mol. The molecule has 0 spiro atoms. The molecule has 4 nitrogen and oxygen atoms in total. The Morgan fingerprint density at radius 3 is 2.50 bits per heavy atom. The second-order valence-corrected chi connectivity index (χ2v) is 11.8. The predicted octanol–water partition coefficient (Wildman–Crippen LogP) is 9.18. The third-order valence-electron chi connectivity index (χ3n) is 9.22. The molecular weight excluding hydrogens is 512 g/mol. The molecule has 206 valence electrons. The fraction of sp³-hybridized carbons (Fsp3) is 0.211. The van der Waals surface area contributed by atoms with Crippen LogP contribution < -0.4 is 0 Å². The molecule has 3 aromatic heterocycles. The second kappa shape index (κ2) is 9.70. The number of fused-ring (bicyclic) bond motifs is 8. The highest BCUT2D eigenvalue weighted by Gasteiger charge is 2.42. The summed E-state index contributed by atoms with van der Waals surface area (Å²) in [4.78, 5) is 13.7. The number of hydrogen-bond donors (Lipinski definition) is 1. The Hall–Kier alpha value is -4.70. The molecule has 5 aromatic rings. The van der Waals surface area contributed by atoms with Gasteiger partial charge in [-0.2, -0.15) is 0 Å². The first-order chi connectivity index (χ1) is 20.6. The molecule has 8 rings (SSSR count). The number of nitrogens with zero attached hydrogens (tertiary/aromatic N) is 3. The normalized spacial score (nSPS) is 19.7. The molecule has 1 unspecified atom stereocenters. The zero-order valence-electron chi connectivity index (χ0n) is 24.4. The number of nitrogens with one attached hydrogen (secondary N) is 1. The fourth-order valence-corrected chi connectivity index (χ4v) is 7.04. The SMILES string of the molecule is C/C=C\C(=N/C)c1c(-c2ccc(C)[nH]2)nc2c3cc(C4=CC=C(c5ccccc5)CC4)ccc3c3c(n12)C=CC1C[C@H]31. The average Bonchev–Trinajstić information content (AvgIpc) is 3.54. The second-order valence-electron chi connectivity index (χ2n) is 11.8. The van der Waals surface area contributed by atoms with Gasteiger partial charge in [-0.25, -0.2) is 4.98 Å². The minimum absolute atomic E-state index is 0.572. The zero-order chi connectivity index (χ0) is 28.4. The molecule has 42 heavy (non-hydrogen) atoms. The third kappa shape index (κ3) is 3.89. The molecule has 3 heterocycles. The molecule has 0 bridgehead atoms. The van der Waals surface area contributed by atoms with Gasteiger partial charge >= 0.3 is 0 Å². The summed E-state index contributed by atoms with van der Waals surface area (Å²) in [5.41, 5.74) is 14.2. The largest absolute Gasteiger partial charge is 0.357 e. The molecule has 1 saturated carbocycles. The maximum Gasteiger partial charge on any atom is 0.146 e. The van der Waals surface area contributed by atoms with E-state index >= 15 is 0 Å². The smallest absolute Gasteiger partial charge is 0.146 e. The standard InChI is InChI=1S/C38H34N4/c1-4-8-33(39-3)37-36(32-19-11-23(2)40-32)41-38-31-21-27(26-14-12-25(13-15-26)24-9-6-5-7-10-24)16-18-29(31)35-30-22-28(30)17-20-34(35)42(37)38/h4-12,14,16-21,28,30,40H,13,15,22H2,1-3H3/b8-4-,39-33+/t28?,30-/m0/s1. The Balaban J connectivity index is 1.39. The Labute approximate surface area is 246 Å². The quantitative estimate of drug-likeness (QED) is 0.220. The number of pyridine rings is 1. The number of rotatable bonds is 5. The minimum Gasteiger partial charge on any atom is -0.357 e. The number of allylic oxidation sites excluding steroid dienone is 7. The summed E-state index contributed by atoms with van der Waals surface area (Å²) >= 11 is 0. The van der Waals surface area contributed by atoms with Crippen molar-refractivity contribution in [3.8, 4) is 11.4 Å². The Morgan fingerprint density at radius 2 is 1.79 bits per heavy atom. The number of aromatic nitrogens is 3. The van der Waals surface area contributed by atoms with Gasteiger partial charge in [0, 0.05) is 18.1 Å². The van der Waals surface area contributed by atoms with Crippen molar-refractivity contribution in [2.45, 2.75) is 39.0 Å². The summed E-state index contributed by atoms with van der Waals surface area (Å²) in [6, 6.07) is 22.1. The van der Waals surface area contributed by atoms with Gasteiger partial charge in [-0.15, -0.1) is 0 Å². The molecular formula is C38H34N4. The maximum absolute atomic E-state index is 5.41. The molecule has 1 N–H and O–H groups in total. The highest BCUT2D eigenvalue weighted by Crippen LogP contribution is 2.55. The molecule has 0 aliphatic heterocycles. The molecule has 2 atom stereocenters.